The van der Waals surface area contributed by atoms with Crippen molar-refractivity contribution in [2.24, 2.45) is 0 Å². The van der Waals surface area contributed by atoms with Crippen molar-refractivity contribution in [2.45, 2.75) is 5.92 Å². The highest BCUT2D eigenvalue weighted by Crippen LogP contribution is 2.44. The van der Waals surface area contributed by atoms with Crippen LogP contribution in [0.3, 0.4) is 0 Å². The largest absolute Gasteiger partial charge is 0.448 e. The molecular formula is C31H41NO8. The zero-order valence-electron chi connectivity index (χ0n) is 23.4. The van der Waals surface area contributed by atoms with E-state index in [2.05, 4.69) is 30.2 Å². The van der Waals surface area contributed by atoms with E-state index in [1.807, 2.05) is 24.3 Å². The predicted octanol–water partition coefficient (Wildman–Crippen LogP) is 3.60. The summed E-state index contributed by atoms with van der Waals surface area (Å²) in [6.45, 7) is 6.28. The Morgan fingerprint density at radius 1 is 0.700 bits per heavy atom. The van der Waals surface area contributed by atoms with E-state index < -0.39 is 0 Å². The number of hydrogen-bond donors (Lipinski definition) is 0. The Morgan fingerprint density at radius 3 is 1.60 bits per heavy atom. The van der Waals surface area contributed by atoms with E-state index in [0.29, 0.717) is 92.4 Å². The van der Waals surface area contributed by atoms with Gasteiger partial charge in [-0.3, -0.25) is 0 Å². The van der Waals surface area contributed by atoms with E-state index >= 15 is 0 Å². The SMILES string of the molecule is C#CCOCCOCCOCCOCCOCCOCCN(C)C(=O)OCC1c2ccccc2-c2ccccc21. The number of rotatable bonds is 21. The fourth-order valence-corrected chi connectivity index (χ4v) is 4.23. The number of likely N-dealkylation sites (N-methyl/N-ethyl adjacent to an activating group) is 1. The molecule has 0 saturated carbocycles. The molecule has 1 amide bonds. The van der Waals surface area contributed by atoms with Crippen molar-refractivity contribution >= 4 is 6.09 Å². The molecule has 0 atom stereocenters. The molecule has 0 unspecified atom stereocenters. The summed E-state index contributed by atoms with van der Waals surface area (Å²) in [7, 11) is 1.71. The summed E-state index contributed by atoms with van der Waals surface area (Å²) in [6.07, 6.45) is 4.72. The molecule has 0 spiro atoms. The average Bonchev–Trinajstić information content (AvgIpc) is 3.30. The first-order chi connectivity index (χ1) is 19.7. The van der Waals surface area contributed by atoms with E-state index in [1.54, 1.807) is 7.05 Å². The normalized spacial score (nSPS) is 12.1. The van der Waals surface area contributed by atoms with E-state index in [-0.39, 0.29) is 12.0 Å². The van der Waals surface area contributed by atoms with Gasteiger partial charge in [-0.2, -0.15) is 0 Å². The third kappa shape index (κ3) is 10.9. The van der Waals surface area contributed by atoms with Crippen LogP contribution in [0.15, 0.2) is 48.5 Å². The Kier molecular flexibility index (Phi) is 15.1. The van der Waals surface area contributed by atoms with Gasteiger partial charge in [-0.25, -0.2) is 4.79 Å². The van der Waals surface area contributed by atoms with Crippen LogP contribution in [-0.4, -0.2) is 110 Å². The van der Waals surface area contributed by atoms with Crippen LogP contribution in [0.4, 0.5) is 4.79 Å². The van der Waals surface area contributed by atoms with Gasteiger partial charge in [0.25, 0.3) is 0 Å². The summed E-state index contributed by atoms with van der Waals surface area (Å²) in [4.78, 5) is 14.1. The quantitative estimate of drug-likeness (QED) is 0.171. The van der Waals surface area contributed by atoms with Gasteiger partial charge in [-0.1, -0.05) is 54.5 Å². The first-order valence-electron chi connectivity index (χ1n) is 13.7. The standard InChI is InChI=1S/C31H41NO8/c1-3-13-34-15-17-36-19-21-38-23-24-39-22-20-37-18-16-35-14-12-32(2)31(33)40-25-30-28-10-6-4-8-26(28)27-9-5-7-11-29(27)30/h1,4-11,30H,12-25H2,2H3. The zero-order chi connectivity index (χ0) is 28.3. The number of ether oxygens (including phenoxy) is 7. The van der Waals surface area contributed by atoms with E-state index in [1.165, 1.54) is 27.2 Å². The Bertz CT molecular complexity index is 994. The minimum atomic E-state index is -0.360. The number of carbonyl (C=O) groups excluding carboxylic acids is 1. The van der Waals surface area contributed by atoms with E-state index in [4.69, 9.17) is 39.6 Å². The van der Waals surface area contributed by atoms with Crippen LogP contribution in [0.25, 0.3) is 11.1 Å². The van der Waals surface area contributed by atoms with E-state index in [9.17, 15) is 4.79 Å². The second-order valence-corrected chi connectivity index (χ2v) is 9.04. The summed E-state index contributed by atoms with van der Waals surface area (Å²) >= 11 is 0. The molecule has 1 aliphatic carbocycles. The highest BCUT2D eigenvalue weighted by atomic mass is 16.6. The fourth-order valence-electron chi connectivity index (χ4n) is 4.23. The molecule has 0 N–H and O–H groups in total. The molecule has 2 aromatic rings. The summed E-state index contributed by atoms with van der Waals surface area (Å²) < 4.78 is 38.1. The molecule has 2 aromatic carbocycles. The lowest BCUT2D eigenvalue weighted by molar-refractivity contribution is -0.0161. The van der Waals surface area contributed by atoms with Crippen LogP contribution >= 0.6 is 0 Å². The maximum atomic E-state index is 12.5. The van der Waals surface area contributed by atoms with Gasteiger partial charge < -0.3 is 38.1 Å². The highest BCUT2D eigenvalue weighted by Gasteiger charge is 2.29. The van der Waals surface area contributed by atoms with Gasteiger partial charge in [-0.05, 0) is 22.3 Å². The molecule has 40 heavy (non-hydrogen) atoms. The topological polar surface area (TPSA) is 84.9 Å². The molecule has 0 bridgehead atoms. The lowest BCUT2D eigenvalue weighted by Crippen LogP contribution is -2.32. The third-order valence-corrected chi connectivity index (χ3v) is 6.26. The Hall–Kier alpha value is -2.97. The van der Waals surface area contributed by atoms with Crippen molar-refractivity contribution < 1.29 is 38.0 Å². The van der Waals surface area contributed by atoms with Crippen molar-refractivity contribution in [3.05, 3.63) is 59.7 Å². The minimum absolute atomic E-state index is 0.0464. The zero-order valence-corrected chi connectivity index (χ0v) is 23.4. The molecule has 9 nitrogen and oxygen atoms in total. The average molecular weight is 556 g/mol. The van der Waals surface area contributed by atoms with Crippen LogP contribution in [-0.2, 0) is 33.2 Å². The van der Waals surface area contributed by atoms with Crippen LogP contribution in [0.5, 0.6) is 0 Å². The third-order valence-electron chi connectivity index (χ3n) is 6.26. The van der Waals surface area contributed by atoms with Gasteiger partial charge in [0.15, 0.2) is 0 Å². The first-order valence-corrected chi connectivity index (χ1v) is 13.7. The Balaban J connectivity index is 1.13. The van der Waals surface area contributed by atoms with Gasteiger partial charge in [0.05, 0.1) is 72.7 Å². The summed E-state index contributed by atoms with van der Waals surface area (Å²) in [5, 5.41) is 0. The summed E-state index contributed by atoms with van der Waals surface area (Å²) in [6, 6.07) is 16.6. The van der Waals surface area contributed by atoms with Crippen LogP contribution in [0.2, 0.25) is 0 Å². The van der Waals surface area contributed by atoms with E-state index in [0.717, 1.165) is 0 Å². The number of benzene rings is 2. The number of terminal acetylenes is 1. The van der Waals surface area contributed by atoms with Crippen molar-refractivity contribution in [3.63, 3.8) is 0 Å². The van der Waals surface area contributed by atoms with Crippen molar-refractivity contribution in [2.75, 3.05) is 99.5 Å². The molecule has 0 radical (unpaired) electrons. The number of hydrogen-bond acceptors (Lipinski definition) is 8. The Labute approximate surface area is 237 Å². The molecule has 0 aromatic heterocycles. The lowest BCUT2D eigenvalue weighted by Gasteiger charge is -2.19. The molecule has 1 aliphatic rings. The van der Waals surface area contributed by atoms with Gasteiger partial charge >= 0.3 is 6.09 Å². The molecule has 0 saturated heterocycles. The Morgan fingerprint density at radius 2 is 1.12 bits per heavy atom. The summed E-state index contributed by atoms with van der Waals surface area (Å²) in [5.74, 6) is 2.44. The number of fused-ring (bicyclic) bond motifs is 3. The van der Waals surface area contributed by atoms with Gasteiger partial charge in [0, 0.05) is 19.5 Å². The number of nitrogens with zero attached hydrogens (tertiary/aromatic N) is 1. The van der Waals surface area contributed by atoms with Crippen molar-refractivity contribution in [1.29, 1.82) is 0 Å². The van der Waals surface area contributed by atoms with Crippen LogP contribution < -0.4 is 0 Å². The maximum absolute atomic E-state index is 12.5. The molecule has 0 fully saturated rings. The lowest BCUT2D eigenvalue weighted by atomic mass is 9.98. The number of carbonyl (C=O) groups is 1. The van der Waals surface area contributed by atoms with Crippen LogP contribution in [0, 0.1) is 12.3 Å². The first kappa shape index (κ1) is 31.6. The van der Waals surface area contributed by atoms with Gasteiger partial charge in [-0.15, -0.1) is 6.42 Å². The van der Waals surface area contributed by atoms with Crippen molar-refractivity contribution in [3.8, 4) is 23.5 Å². The van der Waals surface area contributed by atoms with Gasteiger partial charge in [0.1, 0.15) is 13.2 Å². The fraction of sp³-hybridized carbons (Fsp3) is 0.516. The van der Waals surface area contributed by atoms with Crippen molar-refractivity contribution in [1.82, 2.24) is 4.90 Å². The monoisotopic (exact) mass is 555 g/mol. The van der Waals surface area contributed by atoms with Crippen LogP contribution in [0.1, 0.15) is 17.0 Å². The second-order valence-electron chi connectivity index (χ2n) is 9.04. The molecular weight excluding hydrogens is 514 g/mol. The molecule has 9 heteroatoms. The second kappa shape index (κ2) is 19.2. The smallest absolute Gasteiger partial charge is 0.409 e. The predicted molar refractivity (Wildman–Crippen MR) is 151 cm³/mol. The number of amides is 1. The molecule has 218 valence electrons. The highest BCUT2D eigenvalue weighted by molar-refractivity contribution is 5.79. The minimum Gasteiger partial charge on any atom is -0.448 e. The van der Waals surface area contributed by atoms with Gasteiger partial charge in [0.2, 0.25) is 0 Å². The molecule has 3 rings (SSSR count). The summed E-state index contributed by atoms with van der Waals surface area (Å²) in [5.41, 5.74) is 4.81. The maximum Gasteiger partial charge on any atom is 0.409 e. The molecule has 0 aliphatic heterocycles. The molecule has 0 heterocycles.